The van der Waals surface area contributed by atoms with Gasteiger partial charge in [0.2, 0.25) is 0 Å². The Balaban J connectivity index is 3.28. The van der Waals surface area contributed by atoms with Gasteiger partial charge in [0.1, 0.15) is 12.7 Å². The Morgan fingerprint density at radius 3 is 2.03 bits per heavy atom. The maximum atomic E-state index is 11.9. The Morgan fingerprint density at radius 2 is 1.57 bits per heavy atom. The van der Waals surface area contributed by atoms with Crippen LogP contribution in [0.1, 0.15) is 34.1 Å². The van der Waals surface area contributed by atoms with Gasteiger partial charge in [0.25, 0.3) is 0 Å². The van der Waals surface area contributed by atoms with Crippen molar-refractivity contribution < 1.29 is 57.4 Å². The molecule has 0 aromatic heterocycles. The van der Waals surface area contributed by atoms with E-state index in [1.165, 1.54) is 0 Å². The van der Waals surface area contributed by atoms with E-state index in [4.69, 9.17) is 23.8 Å². The van der Waals surface area contributed by atoms with Gasteiger partial charge in [0.15, 0.2) is 18.3 Å². The molecule has 0 spiro atoms. The quantitative estimate of drug-likeness (QED) is 0.252. The summed E-state index contributed by atoms with van der Waals surface area (Å²) in [6.07, 6.45) is -6.13. The van der Waals surface area contributed by atoms with E-state index in [0.29, 0.717) is 0 Å². The van der Waals surface area contributed by atoms with Crippen molar-refractivity contribution in [3.63, 3.8) is 0 Å². The van der Waals surface area contributed by atoms with Gasteiger partial charge in [-0.2, -0.15) is 0 Å². The van der Waals surface area contributed by atoms with Crippen LogP contribution in [0, 0.1) is 5.21 Å². The van der Waals surface area contributed by atoms with Crippen LogP contribution in [-0.2, 0) is 52.5 Å². The number of esters is 5. The Kier molecular flexibility index (Phi) is 9.02. The molecule has 168 valence electrons. The van der Waals surface area contributed by atoms with E-state index >= 15 is 0 Å². The van der Waals surface area contributed by atoms with E-state index in [1.54, 1.807) is 0 Å². The number of ether oxygens (including phenoxy) is 5. The Labute approximate surface area is 171 Å². The van der Waals surface area contributed by atoms with E-state index in [9.17, 15) is 29.2 Å². The molecule has 0 bridgehead atoms. The lowest BCUT2D eigenvalue weighted by Gasteiger charge is -2.34. The number of rotatable bonds is 9. The smallest absolute Gasteiger partial charge is 0.404 e. The second-order valence-electron chi connectivity index (χ2n) is 6.14. The third-order valence-electron chi connectivity index (χ3n) is 3.70. The van der Waals surface area contributed by atoms with Crippen LogP contribution in [0.3, 0.4) is 0 Å². The van der Waals surface area contributed by atoms with Gasteiger partial charge < -0.3 is 28.5 Å². The summed E-state index contributed by atoms with van der Waals surface area (Å²) in [6, 6.07) is 0. The summed E-state index contributed by atoms with van der Waals surface area (Å²) >= 11 is 0. The number of methoxy groups -OCH3 is 1. The first-order chi connectivity index (χ1) is 14.0. The maximum absolute atomic E-state index is 11.9. The molecule has 1 aliphatic heterocycles. The van der Waals surface area contributed by atoms with Crippen LogP contribution in [0.15, 0.2) is 0 Å². The summed E-state index contributed by atoms with van der Waals surface area (Å²) in [5.41, 5.74) is -0.426. The summed E-state index contributed by atoms with van der Waals surface area (Å²) in [7, 11) is 1.05. The van der Waals surface area contributed by atoms with Crippen molar-refractivity contribution in [3.05, 3.63) is 5.21 Å². The molecule has 0 N–H and O–H groups in total. The minimum absolute atomic E-state index is 0.106. The van der Waals surface area contributed by atoms with Gasteiger partial charge in [0.05, 0.1) is 13.5 Å². The van der Waals surface area contributed by atoms with Crippen LogP contribution in [0.2, 0.25) is 0 Å². The molecule has 13 nitrogen and oxygen atoms in total. The SMILES string of the molecule is COC(=O)C1=[N+]([O-])O[C@@H]([C@@H](OC(C)=O)[C@H](OC(C)=O)[C@@H](COC(C)=O)OC(C)=O)C1. The van der Waals surface area contributed by atoms with Crippen LogP contribution in [0.5, 0.6) is 0 Å². The van der Waals surface area contributed by atoms with E-state index < -0.39 is 66.6 Å². The number of nitrogens with zero attached hydrogens (tertiary/aromatic N) is 1. The van der Waals surface area contributed by atoms with Gasteiger partial charge in [-0.3, -0.25) is 24.4 Å². The third-order valence-corrected chi connectivity index (χ3v) is 3.70. The maximum Gasteiger partial charge on any atom is 0.404 e. The van der Waals surface area contributed by atoms with Gasteiger partial charge in [-0.25, -0.2) is 4.79 Å². The van der Waals surface area contributed by atoms with Crippen molar-refractivity contribution in [3.8, 4) is 0 Å². The third kappa shape index (κ3) is 7.22. The van der Waals surface area contributed by atoms with Gasteiger partial charge in [-0.05, 0) is 0 Å². The molecule has 0 saturated heterocycles. The highest BCUT2D eigenvalue weighted by molar-refractivity contribution is 6.34. The van der Waals surface area contributed by atoms with E-state index in [1.807, 2.05) is 0 Å². The second kappa shape index (κ2) is 11.0. The molecule has 1 aliphatic rings. The Morgan fingerprint density at radius 1 is 1.00 bits per heavy atom. The summed E-state index contributed by atoms with van der Waals surface area (Å²) in [5.74, 6) is -4.22. The second-order valence-corrected chi connectivity index (χ2v) is 6.14. The minimum Gasteiger partial charge on any atom is -0.462 e. The van der Waals surface area contributed by atoms with Gasteiger partial charge in [-0.15, -0.1) is 0 Å². The zero-order valence-corrected chi connectivity index (χ0v) is 17.1. The van der Waals surface area contributed by atoms with Crippen molar-refractivity contribution >= 4 is 35.6 Å². The first-order valence-electron chi connectivity index (χ1n) is 8.69. The van der Waals surface area contributed by atoms with Crippen LogP contribution >= 0.6 is 0 Å². The lowest BCUT2D eigenvalue weighted by atomic mass is 9.98. The molecule has 30 heavy (non-hydrogen) atoms. The number of hydrogen-bond acceptors (Lipinski definition) is 12. The molecular formula is C17H23NO12. The molecule has 0 aromatic rings. The summed E-state index contributed by atoms with van der Waals surface area (Å²) in [4.78, 5) is 62.7. The normalized spacial score (nSPS) is 18.4. The molecule has 0 fully saturated rings. The first kappa shape index (κ1) is 24.7. The fourth-order valence-electron chi connectivity index (χ4n) is 2.64. The molecule has 0 amide bonds. The monoisotopic (exact) mass is 433 g/mol. The van der Waals surface area contributed by atoms with Gasteiger partial charge >= 0.3 is 35.6 Å². The average molecular weight is 433 g/mol. The Bertz CT molecular complexity index is 730. The Hall–Kier alpha value is -3.38. The molecule has 0 aliphatic carbocycles. The van der Waals surface area contributed by atoms with Crippen LogP contribution in [-0.4, -0.2) is 78.6 Å². The van der Waals surface area contributed by atoms with Crippen LogP contribution < -0.4 is 0 Å². The summed E-state index contributed by atoms with van der Waals surface area (Å²) < 4.78 is 24.7. The van der Waals surface area contributed by atoms with Crippen molar-refractivity contribution in [2.75, 3.05) is 13.7 Å². The molecule has 0 unspecified atom stereocenters. The van der Waals surface area contributed by atoms with E-state index in [0.717, 1.165) is 34.8 Å². The molecule has 0 aromatic carbocycles. The fourth-order valence-corrected chi connectivity index (χ4v) is 2.64. The molecular weight excluding hydrogens is 410 g/mol. The molecule has 0 saturated carbocycles. The summed E-state index contributed by atoms with van der Waals surface area (Å²) in [5, 5.41) is 11.9. The van der Waals surface area contributed by atoms with E-state index in [-0.39, 0.29) is 11.3 Å². The lowest BCUT2D eigenvalue weighted by molar-refractivity contribution is -0.742. The molecule has 1 rings (SSSR count). The number of carbonyl (C=O) groups excluding carboxylic acids is 5. The molecule has 0 radical (unpaired) electrons. The summed E-state index contributed by atoms with van der Waals surface area (Å²) in [6.45, 7) is 3.69. The van der Waals surface area contributed by atoms with Crippen LogP contribution in [0.25, 0.3) is 0 Å². The highest BCUT2D eigenvalue weighted by Gasteiger charge is 2.47. The van der Waals surface area contributed by atoms with E-state index in [2.05, 4.69) is 4.74 Å². The fraction of sp³-hybridized carbons (Fsp3) is 0.647. The zero-order valence-electron chi connectivity index (χ0n) is 17.1. The van der Waals surface area contributed by atoms with Crippen LogP contribution in [0.4, 0.5) is 0 Å². The van der Waals surface area contributed by atoms with Crippen molar-refractivity contribution in [2.45, 2.75) is 58.5 Å². The van der Waals surface area contributed by atoms with Crippen molar-refractivity contribution in [1.82, 2.24) is 0 Å². The number of hydrogen-bond donors (Lipinski definition) is 0. The average Bonchev–Trinajstić information content (AvgIpc) is 3.01. The first-order valence-corrected chi connectivity index (χ1v) is 8.69. The zero-order chi connectivity index (χ0) is 23.0. The van der Waals surface area contributed by atoms with Gasteiger partial charge in [-0.1, -0.05) is 0 Å². The number of carbonyl (C=O) groups is 5. The van der Waals surface area contributed by atoms with Gasteiger partial charge in [0, 0.05) is 32.6 Å². The highest BCUT2D eigenvalue weighted by atomic mass is 16.9. The highest BCUT2D eigenvalue weighted by Crippen LogP contribution is 2.25. The minimum atomic E-state index is -1.54. The van der Waals surface area contributed by atoms with Crippen molar-refractivity contribution in [2.24, 2.45) is 0 Å². The molecule has 4 atom stereocenters. The predicted octanol–water partition coefficient (Wildman–Crippen LogP) is -0.827. The molecule has 1 heterocycles. The predicted molar refractivity (Wildman–Crippen MR) is 93.4 cm³/mol. The standard InChI is InChI=1S/C17H23NO12/c1-8(19)26-7-14(27-9(2)20)16(29-11(4)22)15(28-10(3)21)13-6-12(17(23)25-5)18(24)30-13/h13-16H,6-7H2,1-5H3/t13-,14-,15-,16-/m1/s1. The largest absolute Gasteiger partial charge is 0.462 e. The van der Waals surface area contributed by atoms with Crippen molar-refractivity contribution in [1.29, 1.82) is 0 Å². The molecule has 13 heteroatoms. The topological polar surface area (TPSA) is 167 Å². The lowest BCUT2D eigenvalue weighted by Crippen LogP contribution is -2.52.